The van der Waals surface area contributed by atoms with Crippen molar-refractivity contribution in [2.75, 3.05) is 11.1 Å². The van der Waals surface area contributed by atoms with Gasteiger partial charge in [0.05, 0.1) is 11.4 Å². The average Bonchev–Trinajstić information content (AvgIpc) is 2.61. The van der Waals surface area contributed by atoms with Crippen molar-refractivity contribution in [3.63, 3.8) is 0 Å². The van der Waals surface area contributed by atoms with E-state index < -0.39 is 5.91 Å². The Morgan fingerprint density at radius 1 is 1.33 bits per heavy atom. The zero-order chi connectivity index (χ0) is 13.3. The Bertz CT molecular complexity index is 588. The van der Waals surface area contributed by atoms with E-state index in [9.17, 15) is 4.79 Å². The van der Waals surface area contributed by atoms with Gasteiger partial charge in [-0.15, -0.1) is 11.3 Å². The number of anilines is 3. The van der Waals surface area contributed by atoms with Crippen molar-refractivity contribution in [2.24, 2.45) is 5.73 Å². The Morgan fingerprint density at radius 2 is 2.06 bits per heavy atom. The number of aryl methyl sites for hydroxylation is 2. The van der Waals surface area contributed by atoms with Crippen LogP contribution in [-0.2, 0) is 0 Å². The third kappa shape index (κ3) is 2.40. The maximum atomic E-state index is 11.1. The van der Waals surface area contributed by atoms with Gasteiger partial charge in [-0.2, -0.15) is 0 Å². The van der Waals surface area contributed by atoms with Crippen LogP contribution in [0.2, 0.25) is 0 Å². The van der Waals surface area contributed by atoms with Gasteiger partial charge < -0.3 is 16.8 Å². The highest BCUT2D eigenvalue weighted by molar-refractivity contribution is 7.15. The summed E-state index contributed by atoms with van der Waals surface area (Å²) in [7, 11) is 0. The lowest BCUT2D eigenvalue weighted by Gasteiger charge is -2.06. The number of hydrogen-bond donors (Lipinski definition) is 3. The first-order valence-corrected chi connectivity index (χ1v) is 6.06. The Labute approximate surface area is 108 Å². The maximum absolute atomic E-state index is 11.1. The standard InChI is InChI=1S/C11H13N5OS/c1-5-6(2)18-11(14-5)16-10-7(12)3-4-8(15-10)9(13)17/h3-4H,12H2,1-2H3,(H2,13,17)(H,14,15,16). The molecular weight excluding hydrogens is 250 g/mol. The van der Waals surface area contributed by atoms with Gasteiger partial charge in [0.25, 0.3) is 5.91 Å². The lowest BCUT2D eigenvalue weighted by molar-refractivity contribution is 0.0996. The molecule has 6 nitrogen and oxygen atoms in total. The molecule has 0 unspecified atom stereocenters. The first-order chi connectivity index (χ1) is 8.47. The predicted molar refractivity (Wildman–Crippen MR) is 72.0 cm³/mol. The molecule has 7 heteroatoms. The predicted octanol–water partition coefficient (Wildman–Crippen LogP) is 1.58. The number of rotatable bonds is 3. The molecule has 18 heavy (non-hydrogen) atoms. The van der Waals surface area contributed by atoms with Gasteiger partial charge in [0.15, 0.2) is 10.9 Å². The molecule has 0 aliphatic carbocycles. The Balaban J connectivity index is 2.33. The van der Waals surface area contributed by atoms with Crippen LogP contribution in [0.5, 0.6) is 0 Å². The van der Waals surface area contributed by atoms with E-state index in [0.717, 1.165) is 10.6 Å². The summed E-state index contributed by atoms with van der Waals surface area (Å²) in [6.07, 6.45) is 0. The molecule has 0 saturated heterocycles. The number of nitrogens with two attached hydrogens (primary N) is 2. The van der Waals surface area contributed by atoms with Crippen molar-refractivity contribution in [2.45, 2.75) is 13.8 Å². The van der Waals surface area contributed by atoms with Crippen molar-refractivity contribution in [1.29, 1.82) is 0 Å². The number of hydrogen-bond acceptors (Lipinski definition) is 6. The second-order valence-corrected chi connectivity index (χ2v) is 4.99. The van der Waals surface area contributed by atoms with Crippen LogP contribution in [0, 0.1) is 13.8 Å². The van der Waals surface area contributed by atoms with E-state index in [1.807, 2.05) is 13.8 Å². The van der Waals surface area contributed by atoms with Crippen molar-refractivity contribution >= 4 is 33.9 Å². The number of amides is 1. The summed E-state index contributed by atoms with van der Waals surface area (Å²) in [5, 5.41) is 3.68. The lowest BCUT2D eigenvalue weighted by Crippen LogP contribution is -2.14. The first-order valence-electron chi connectivity index (χ1n) is 5.24. The highest BCUT2D eigenvalue weighted by Gasteiger charge is 2.10. The zero-order valence-electron chi connectivity index (χ0n) is 10.0. The molecule has 0 aromatic carbocycles. The highest BCUT2D eigenvalue weighted by atomic mass is 32.1. The van der Waals surface area contributed by atoms with Crippen LogP contribution in [0.25, 0.3) is 0 Å². The van der Waals surface area contributed by atoms with Crippen molar-refractivity contribution < 1.29 is 4.79 Å². The van der Waals surface area contributed by atoms with Gasteiger partial charge in [0, 0.05) is 4.88 Å². The van der Waals surface area contributed by atoms with Gasteiger partial charge in [-0.05, 0) is 26.0 Å². The molecule has 0 bridgehead atoms. The summed E-state index contributed by atoms with van der Waals surface area (Å²) < 4.78 is 0. The minimum atomic E-state index is -0.593. The second-order valence-electron chi connectivity index (χ2n) is 3.78. The number of nitrogens with zero attached hydrogens (tertiary/aromatic N) is 2. The van der Waals surface area contributed by atoms with E-state index in [2.05, 4.69) is 15.3 Å². The third-order valence-corrected chi connectivity index (χ3v) is 3.42. The van der Waals surface area contributed by atoms with E-state index in [4.69, 9.17) is 11.5 Å². The molecule has 0 radical (unpaired) electrons. The minimum absolute atomic E-state index is 0.164. The zero-order valence-corrected chi connectivity index (χ0v) is 10.8. The first kappa shape index (κ1) is 12.3. The van der Waals surface area contributed by atoms with Crippen LogP contribution >= 0.6 is 11.3 Å². The summed E-state index contributed by atoms with van der Waals surface area (Å²) in [5.41, 5.74) is 12.5. The van der Waals surface area contributed by atoms with Crippen LogP contribution in [0.3, 0.4) is 0 Å². The molecule has 0 saturated carbocycles. The van der Waals surface area contributed by atoms with Crippen molar-refractivity contribution in [1.82, 2.24) is 9.97 Å². The number of carbonyl (C=O) groups is 1. The second kappa shape index (κ2) is 4.61. The van der Waals surface area contributed by atoms with E-state index in [1.165, 1.54) is 17.4 Å². The number of nitrogen functional groups attached to an aromatic ring is 1. The Hall–Kier alpha value is -2.15. The molecule has 0 aliphatic heterocycles. The van der Waals surface area contributed by atoms with Gasteiger partial charge in [0.2, 0.25) is 0 Å². The van der Waals surface area contributed by atoms with E-state index in [0.29, 0.717) is 16.6 Å². The smallest absolute Gasteiger partial charge is 0.267 e. The highest BCUT2D eigenvalue weighted by Crippen LogP contribution is 2.26. The van der Waals surface area contributed by atoms with Gasteiger partial charge in [-0.1, -0.05) is 0 Å². The quantitative estimate of drug-likeness (QED) is 0.779. The van der Waals surface area contributed by atoms with Gasteiger partial charge in [0.1, 0.15) is 5.69 Å². The fraction of sp³-hybridized carbons (Fsp3) is 0.182. The number of pyridine rings is 1. The Morgan fingerprint density at radius 3 is 2.61 bits per heavy atom. The molecule has 94 valence electrons. The van der Waals surface area contributed by atoms with E-state index in [1.54, 1.807) is 6.07 Å². The number of aromatic nitrogens is 2. The van der Waals surface area contributed by atoms with Gasteiger partial charge >= 0.3 is 0 Å². The largest absolute Gasteiger partial charge is 0.396 e. The SMILES string of the molecule is Cc1nc(Nc2nc(C(N)=O)ccc2N)sc1C. The average molecular weight is 263 g/mol. The van der Waals surface area contributed by atoms with E-state index in [-0.39, 0.29) is 5.69 Å². The molecule has 5 N–H and O–H groups in total. The summed E-state index contributed by atoms with van der Waals surface area (Å²) in [4.78, 5) is 20.5. The number of nitrogens with one attached hydrogen (secondary N) is 1. The van der Waals surface area contributed by atoms with Gasteiger partial charge in [-0.3, -0.25) is 4.79 Å². The van der Waals surface area contributed by atoms with Crippen molar-refractivity contribution in [3.8, 4) is 0 Å². The molecule has 2 rings (SSSR count). The molecule has 0 aliphatic rings. The molecule has 0 atom stereocenters. The summed E-state index contributed by atoms with van der Waals surface area (Å²) in [5.74, 6) is -0.204. The van der Waals surface area contributed by atoms with Crippen LogP contribution in [-0.4, -0.2) is 15.9 Å². The van der Waals surface area contributed by atoms with Crippen LogP contribution in [0.1, 0.15) is 21.1 Å². The van der Waals surface area contributed by atoms with Crippen molar-refractivity contribution in [3.05, 3.63) is 28.4 Å². The molecule has 2 aromatic rings. The normalized spacial score (nSPS) is 10.3. The molecule has 0 fully saturated rings. The Kier molecular flexibility index (Phi) is 3.15. The van der Waals surface area contributed by atoms with Crippen LogP contribution in [0.4, 0.5) is 16.6 Å². The third-order valence-electron chi connectivity index (χ3n) is 2.43. The number of thiazole rings is 1. The maximum Gasteiger partial charge on any atom is 0.267 e. The summed E-state index contributed by atoms with van der Waals surface area (Å²) in [6.45, 7) is 3.91. The van der Waals surface area contributed by atoms with E-state index >= 15 is 0 Å². The lowest BCUT2D eigenvalue weighted by atomic mass is 10.3. The topological polar surface area (TPSA) is 107 Å². The van der Waals surface area contributed by atoms with Crippen LogP contribution in [0.15, 0.2) is 12.1 Å². The number of carbonyl (C=O) groups excluding carboxylic acids is 1. The number of primary amides is 1. The molecule has 1 amide bonds. The molecule has 2 aromatic heterocycles. The fourth-order valence-corrected chi connectivity index (χ4v) is 2.15. The minimum Gasteiger partial charge on any atom is -0.396 e. The fourth-order valence-electron chi connectivity index (χ4n) is 1.33. The summed E-state index contributed by atoms with van der Waals surface area (Å²) in [6, 6.07) is 3.07. The molecular formula is C11H13N5OS. The summed E-state index contributed by atoms with van der Waals surface area (Å²) >= 11 is 1.50. The monoisotopic (exact) mass is 263 g/mol. The molecule has 2 heterocycles. The molecule has 0 spiro atoms. The van der Waals surface area contributed by atoms with Gasteiger partial charge in [-0.25, -0.2) is 9.97 Å². The van der Waals surface area contributed by atoms with Crippen LogP contribution < -0.4 is 16.8 Å².